The zero-order valence-corrected chi connectivity index (χ0v) is 15.2. The number of hydrogen-bond donors (Lipinski definition) is 4. The van der Waals surface area contributed by atoms with Crippen LogP contribution in [0.15, 0.2) is 0 Å². The molecule has 0 aromatic carbocycles. The van der Waals surface area contributed by atoms with E-state index < -0.39 is 21.0 Å². The van der Waals surface area contributed by atoms with Crippen molar-refractivity contribution in [2.45, 2.75) is 0 Å². The van der Waals surface area contributed by atoms with Crippen molar-refractivity contribution in [3.63, 3.8) is 0 Å². The van der Waals surface area contributed by atoms with Crippen molar-refractivity contribution < 1.29 is 19.2 Å². The number of carbonyl (C=O) groups is 4. The zero-order chi connectivity index (χ0) is 14.3. The molecule has 0 heterocycles. The van der Waals surface area contributed by atoms with Gasteiger partial charge in [0.05, 0.1) is 21.0 Å². The van der Waals surface area contributed by atoms with Crippen molar-refractivity contribution in [2.24, 2.45) is 22.9 Å². The van der Waals surface area contributed by atoms with Crippen LogP contribution in [0.2, 0.25) is 0 Å². The summed E-state index contributed by atoms with van der Waals surface area (Å²) in [5.74, 6) is 0. The SMILES string of the molecule is NC(=O)[S-].NC(=O)[S-].NC(=O)[S-].NC(=O)[S-].[Pb]. The van der Waals surface area contributed by atoms with Gasteiger partial charge in [0, 0.05) is 27.3 Å². The fourth-order valence-electron chi connectivity index (χ4n) is 0. The van der Waals surface area contributed by atoms with E-state index in [4.69, 9.17) is 19.2 Å². The molecule has 100 valence electrons. The third kappa shape index (κ3) is 29000. The van der Waals surface area contributed by atoms with Gasteiger partial charge in [0.15, 0.2) is 0 Å². The maximum Gasteiger partial charge on any atom is 0.0954 e. The summed E-state index contributed by atoms with van der Waals surface area (Å²) >= 11 is 15.0. The first-order valence-electron chi connectivity index (χ1n) is 2.79. The van der Waals surface area contributed by atoms with Gasteiger partial charge in [-0.2, -0.15) is 0 Å². The van der Waals surface area contributed by atoms with E-state index in [9.17, 15) is 0 Å². The molecule has 0 aliphatic rings. The van der Waals surface area contributed by atoms with Gasteiger partial charge in [-0.25, -0.2) is 0 Å². The first-order valence-corrected chi connectivity index (χ1v) is 4.42. The molecule has 0 saturated carbocycles. The molecule has 4 radical (unpaired) electrons. The van der Waals surface area contributed by atoms with E-state index in [2.05, 4.69) is 73.4 Å². The summed E-state index contributed by atoms with van der Waals surface area (Å²) in [5.41, 5.74) is 17.1. The summed E-state index contributed by atoms with van der Waals surface area (Å²) in [7, 11) is 0. The molecule has 0 fully saturated rings. The van der Waals surface area contributed by atoms with Gasteiger partial charge in [-0.3, -0.25) is 0 Å². The molecule has 0 unspecified atom stereocenters. The predicted octanol–water partition coefficient (Wildman–Crippen LogP) is -1.93. The van der Waals surface area contributed by atoms with Crippen molar-refractivity contribution in [2.75, 3.05) is 0 Å². The average molecular weight is 512 g/mol. The maximum atomic E-state index is 9.04. The van der Waals surface area contributed by atoms with Gasteiger partial charge in [0.25, 0.3) is 0 Å². The standard InChI is InChI=1S/4CH3NOS.Pb/c4*2-1(3)4;/h4*(H3,2,3,4);/p-4. The van der Waals surface area contributed by atoms with Crippen LogP contribution in [0, 0.1) is 0 Å². The Hall–Kier alpha value is -0.318. The molecule has 8 nitrogen and oxygen atoms in total. The van der Waals surface area contributed by atoms with Crippen LogP contribution in [0.1, 0.15) is 0 Å². The van der Waals surface area contributed by atoms with Crippen LogP contribution in [0.4, 0.5) is 19.2 Å². The number of amides is 4. The Morgan fingerprint density at radius 2 is 0.529 bits per heavy atom. The van der Waals surface area contributed by atoms with Crippen molar-refractivity contribution in [3.8, 4) is 0 Å². The molecular weight excluding hydrogens is 504 g/mol. The van der Waals surface area contributed by atoms with Crippen LogP contribution in [-0.2, 0) is 50.5 Å². The first-order chi connectivity index (χ1) is 6.93. The molecule has 0 aliphatic carbocycles. The third-order valence-electron chi connectivity index (χ3n) is 0. The Morgan fingerprint density at radius 3 is 0.529 bits per heavy atom. The second kappa shape index (κ2) is 24.8. The van der Waals surface area contributed by atoms with Gasteiger partial charge in [-0.1, -0.05) is 0 Å². The zero-order valence-electron chi connectivity index (χ0n) is 8.08. The number of hydrogen-bond acceptors (Lipinski definition) is 8. The topological polar surface area (TPSA) is 172 Å². The molecule has 0 aromatic heterocycles. The van der Waals surface area contributed by atoms with E-state index in [1.165, 1.54) is 0 Å². The fraction of sp³-hybridized carbons (Fsp3) is 0. The summed E-state index contributed by atoms with van der Waals surface area (Å²) in [5, 5.41) is -3.00. The number of nitrogens with two attached hydrogens (primary N) is 4. The van der Waals surface area contributed by atoms with E-state index in [1.807, 2.05) is 0 Å². The fourth-order valence-corrected chi connectivity index (χ4v) is 0. The minimum atomic E-state index is -0.750. The minimum Gasteiger partial charge on any atom is -0.719 e. The van der Waals surface area contributed by atoms with Crippen LogP contribution in [0.25, 0.3) is 0 Å². The molecule has 0 spiro atoms. The van der Waals surface area contributed by atoms with E-state index >= 15 is 0 Å². The normalized spacial score (nSPS) is 5.65. The third-order valence-corrected chi connectivity index (χ3v) is 0. The second-order valence-electron chi connectivity index (χ2n) is 1.28. The second-order valence-corrected chi connectivity index (χ2v) is 2.89. The van der Waals surface area contributed by atoms with Crippen LogP contribution in [-0.4, -0.2) is 48.3 Å². The Morgan fingerprint density at radius 1 is 0.529 bits per heavy atom. The van der Waals surface area contributed by atoms with Crippen molar-refractivity contribution in [3.05, 3.63) is 0 Å². The quantitative estimate of drug-likeness (QED) is 0.215. The van der Waals surface area contributed by atoms with Crippen LogP contribution < -0.4 is 22.9 Å². The molecule has 0 aromatic rings. The van der Waals surface area contributed by atoms with Crippen LogP contribution in [0.3, 0.4) is 0 Å². The molecule has 0 bridgehead atoms. The molecule has 13 heteroatoms. The van der Waals surface area contributed by atoms with Gasteiger partial charge in [0.1, 0.15) is 0 Å². The van der Waals surface area contributed by atoms with E-state index in [0.29, 0.717) is 0 Å². The summed E-state index contributed by atoms with van der Waals surface area (Å²) < 4.78 is 0. The molecule has 0 atom stereocenters. The van der Waals surface area contributed by atoms with Gasteiger partial charge < -0.3 is 92.6 Å². The van der Waals surface area contributed by atoms with Crippen LogP contribution in [0.5, 0.6) is 0 Å². The Labute approximate surface area is 140 Å². The summed E-state index contributed by atoms with van der Waals surface area (Å²) in [6.07, 6.45) is 0. The smallest absolute Gasteiger partial charge is 0.0954 e. The van der Waals surface area contributed by atoms with E-state index in [1.54, 1.807) is 0 Å². The Kier molecular flexibility index (Phi) is 43.8. The summed E-state index contributed by atoms with van der Waals surface area (Å²) in [4.78, 5) is 36.1. The van der Waals surface area contributed by atoms with Crippen molar-refractivity contribution in [1.29, 1.82) is 0 Å². The monoisotopic (exact) mass is 512 g/mol. The first kappa shape index (κ1) is 30.1. The largest absolute Gasteiger partial charge is 0.719 e. The number of rotatable bonds is 0. The molecule has 4 amide bonds. The van der Waals surface area contributed by atoms with Gasteiger partial charge >= 0.3 is 0 Å². The Bertz CT molecular complexity index is 178. The molecular formula is C4H8N4O4PbS4-4. The Balaban J connectivity index is -0.0000000369. The molecule has 0 aliphatic heterocycles. The minimum absolute atomic E-state index is 0. The summed E-state index contributed by atoms with van der Waals surface area (Å²) in [6.45, 7) is 0. The van der Waals surface area contributed by atoms with Gasteiger partial charge in [-0.05, 0) is 0 Å². The molecule has 0 saturated heterocycles. The average Bonchev–Trinajstić information content (AvgIpc) is 1.76. The van der Waals surface area contributed by atoms with Crippen molar-refractivity contribution in [1.82, 2.24) is 0 Å². The molecule has 8 N–H and O–H groups in total. The van der Waals surface area contributed by atoms with Crippen LogP contribution >= 0.6 is 0 Å². The summed E-state index contributed by atoms with van der Waals surface area (Å²) in [6, 6.07) is 0. The predicted molar refractivity (Wildman–Crippen MR) is 73.5 cm³/mol. The van der Waals surface area contributed by atoms with E-state index in [-0.39, 0.29) is 27.3 Å². The van der Waals surface area contributed by atoms with Crippen molar-refractivity contribution >= 4 is 98.8 Å². The van der Waals surface area contributed by atoms with Gasteiger partial charge in [-0.15, -0.1) is 0 Å². The maximum absolute atomic E-state index is 9.04. The van der Waals surface area contributed by atoms with E-state index in [0.717, 1.165) is 0 Å². The van der Waals surface area contributed by atoms with Gasteiger partial charge in [0.2, 0.25) is 0 Å². The number of primary amides is 4. The number of carbonyl (C=O) groups excluding carboxylic acids is 4. The molecule has 17 heavy (non-hydrogen) atoms. The molecule has 0 rings (SSSR count).